The number of carbonyl (C=O) groups excluding carboxylic acids is 1. The number of rotatable bonds is 6. The summed E-state index contributed by atoms with van der Waals surface area (Å²) in [6.45, 7) is 0.309. The molecule has 0 aliphatic rings. The first-order valence-corrected chi connectivity index (χ1v) is 10.5. The van der Waals surface area contributed by atoms with Gasteiger partial charge in [0.05, 0.1) is 11.1 Å². The Morgan fingerprint density at radius 1 is 1.14 bits per heavy atom. The van der Waals surface area contributed by atoms with Gasteiger partial charge in [-0.3, -0.25) is 4.79 Å². The molecule has 3 aromatic heterocycles. The van der Waals surface area contributed by atoms with E-state index in [-0.39, 0.29) is 17.2 Å². The van der Waals surface area contributed by atoms with Crippen LogP contribution in [0.1, 0.15) is 22.0 Å². The third-order valence-electron chi connectivity index (χ3n) is 5.35. The normalized spacial score (nSPS) is 11.8. The lowest BCUT2D eigenvalue weighted by molar-refractivity contribution is -0.141. The average molecular weight is 497 g/mol. The van der Waals surface area contributed by atoms with Crippen LogP contribution in [0.15, 0.2) is 65.4 Å². The number of aromatic nitrogens is 5. The molecule has 10 nitrogen and oxygen atoms in total. The molecule has 3 N–H and O–H groups in total. The number of benzene rings is 2. The third-order valence-corrected chi connectivity index (χ3v) is 5.35. The summed E-state index contributed by atoms with van der Waals surface area (Å²) in [6.07, 6.45) is -1.36. The van der Waals surface area contributed by atoms with Crippen LogP contribution in [0.3, 0.4) is 0 Å². The predicted octanol–water partition coefficient (Wildman–Crippen LogP) is 4.20. The molecule has 0 aliphatic heterocycles. The van der Waals surface area contributed by atoms with Crippen LogP contribution in [0.2, 0.25) is 0 Å². The standard InChI is InChI=1S/C23H18F3N7O3/c1-35-12-20-28-8-9-32(20)14-4-2-13(3-5-14)29-22(34)17-11-19(23(24,25)26)30-33(17)15-6-7-18-16(10-15)21(27)31-36-18/h2-11H,12H2,1H3,(H2,27,31)(H,29,34). The van der Waals surface area contributed by atoms with Crippen LogP contribution in [0, 0.1) is 0 Å². The Balaban J connectivity index is 1.46. The monoisotopic (exact) mass is 497 g/mol. The second-order valence-corrected chi connectivity index (χ2v) is 7.72. The molecule has 0 saturated heterocycles. The van der Waals surface area contributed by atoms with Crippen LogP contribution in [0.4, 0.5) is 24.7 Å². The zero-order chi connectivity index (χ0) is 25.4. The molecule has 0 radical (unpaired) electrons. The van der Waals surface area contributed by atoms with E-state index in [2.05, 4.69) is 20.6 Å². The van der Waals surface area contributed by atoms with Crippen molar-refractivity contribution in [2.75, 3.05) is 18.2 Å². The van der Waals surface area contributed by atoms with Crippen LogP contribution >= 0.6 is 0 Å². The van der Waals surface area contributed by atoms with E-state index in [4.69, 9.17) is 15.0 Å². The highest BCUT2D eigenvalue weighted by molar-refractivity contribution is 6.03. The van der Waals surface area contributed by atoms with Gasteiger partial charge >= 0.3 is 6.18 Å². The number of carbonyl (C=O) groups is 1. The molecule has 184 valence electrons. The summed E-state index contributed by atoms with van der Waals surface area (Å²) in [6, 6.07) is 11.8. The van der Waals surface area contributed by atoms with Gasteiger partial charge in [0.1, 0.15) is 18.1 Å². The van der Waals surface area contributed by atoms with Crippen LogP contribution in [-0.2, 0) is 17.5 Å². The molecule has 0 unspecified atom stereocenters. The molecule has 5 rings (SSSR count). The van der Waals surface area contributed by atoms with Crippen molar-refractivity contribution in [3.05, 3.63) is 78.1 Å². The molecule has 1 amide bonds. The fourth-order valence-corrected chi connectivity index (χ4v) is 3.66. The smallest absolute Gasteiger partial charge is 0.380 e. The summed E-state index contributed by atoms with van der Waals surface area (Å²) in [5.41, 5.74) is 5.89. The molecule has 0 aliphatic carbocycles. The van der Waals surface area contributed by atoms with Gasteiger partial charge in [-0.1, -0.05) is 5.16 Å². The number of imidazole rings is 1. The number of hydrogen-bond donors (Lipinski definition) is 2. The number of hydrogen-bond acceptors (Lipinski definition) is 7. The van der Waals surface area contributed by atoms with Crippen molar-refractivity contribution in [2.24, 2.45) is 0 Å². The van der Waals surface area contributed by atoms with E-state index in [0.29, 0.717) is 35.2 Å². The van der Waals surface area contributed by atoms with E-state index in [1.54, 1.807) is 43.8 Å². The number of nitrogens with zero attached hydrogens (tertiary/aromatic N) is 5. The number of fused-ring (bicyclic) bond motifs is 1. The molecule has 0 spiro atoms. The van der Waals surface area contributed by atoms with Gasteiger partial charge in [0.25, 0.3) is 5.91 Å². The highest BCUT2D eigenvalue weighted by Gasteiger charge is 2.36. The first-order chi connectivity index (χ1) is 17.2. The number of halogens is 3. The molecule has 0 fully saturated rings. The minimum Gasteiger partial charge on any atom is -0.380 e. The van der Waals surface area contributed by atoms with Gasteiger partial charge in [0.2, 0.25) is 0 Å². The second-order valence-electron chi connectivity index (χ2n) is 7.72. The summed E-state index contributed by atoms with van der Waals surface area (Å²) < 4.78 is 53.2. The quantitative estimate of drug-likeness (QED) is 0.360. The summed E-state index contributed by atoms with van der Waals surface area (Å²) in [4.78, 5) is 17.3. The summed E-state index contributed by atoms with van der Waals surface area (Å²) in [7, 11) is 1.56. The number of amides is 1. The Labute approximate surface area is 201 Å². The van der Waals surface area contributed by atoms with E-state index in [0.717, 1.165) is 10.4 Å². The number of anilines is 2. The van der Waals surface area contributed by atoms with E-state index < -0.39 is 17.8 Å². The van der Waals surface area contributed by atoms with Gasteiger partial charge in [0.15, 0.2) is 17.1 Å². The molecule has 2 aromatic carbocycles. The second kappa shape index (κ2) is 8.85. The Morgan fingerprint density at radius 3 is 2.61 bits per heavy atom. The fraction of sp³-hybridized carbons (Fsp3) is 0.130. The zero-order valence-electron chi connectivity index (χ0n) is 18.7. The molecule has 0 saturated carbocycles. The van der Waals surface area contributed by atoms with Gasteiger partial charge in [-0.15, -0.1) is 0 Å². The predicted molar refractivity (Wildman–Crippen MR) is 123 cm³/mol. The maximum absolute atomic E-state index is 13.5. The number of alkyl halides is 3. The maximum Gasteiger partial charge on any atom is 0.435 e. The Kier molecular flexibility index (Phi) is 5.68. The van der Waals surface area contributed by atoms with Crippen molar-refractivity contribution in [3.63, 3.8) is 0 Å². The first kappa shape index (κ1) is 23.1. The van der Waals surface area contributed by atoms with Crippen molar-refractivity contribution in [1.82, 2.24) is 24.5 Å². The van der Waals surface area contributed by atoms with Crippen LogP contribution < -0.4 is 11.1 Å². The lowest BCUT2D eigenvalue weighted by Gasteiger charge is -2.10. The molecule has 5 aromatic rings. The zero-order valence-corrected chi connectivity index (χ0v) is 18.7. The van der Waals surface area contributed by atoms with Crippen molar-refractivity contribution in [1.29, 1.82) is 0 Å². The number of ether oxygens (including phenoxy) is 1. The highest BCUT2D eigenvalue weighted by atomic mass is 19.4. The van der Waals surface area contributed by atoms with Gasteiger partial charge < -0.3 is 24.9 Å². The summed E-state index contributed by atoms with van der Waals surface area (Å²) in [5, 5.41) is 10.3. The van der Waals surface area contributed by atoms with E-state index in [9.17, 15) is 18.0 Å². The van der Waals surface area contributed by atoms with E-state index in [1.807, 2.05) is 4.57 Å². The minimum atomic E-state index is -4.76. The van der Waals surface area contributed by atoms with Gasteiger partial charge in [-0.2, -0.15) is 18.3 Å². The Morgan fingerprint density at radius 2 is 1.89 bits per heavy atom. The third kappa shape index (κ3) is 4.27. The molecule has 36 heavy (non-hydrogen) atoms. The van der Waals surface area contributed by atoms with Crippen LogP contribution in [0.5, 0.6) is 0 Å². The van der Waals surface area contributed by atoms with Crippen molar-refractivity contribution in [2.45, 2.75) is 12.8 Å². The number of methoxy groups -OCH3 is 1. The topological polar surface area (TPSA) is 126 Å². The molecule has 0 atom stereocenters. The largest absolute Gasteiger partial charge is 0.435 e. The Bertz CT molecular complexity index is 1550. The number of nitrogens with one attached hydrogen (secondary N) is 1. The van der Waals surface area contributed by atoms with Crippen molar-refractivity contribution >= 4 is 28.4 Å². The molecular weight excluding hydrogens is 479 g/mol. The van der Waals surface area contributed by atoms with Gasteiger partial charge in [-0.05, 0) is 42.5 Å². The summed E-state index contributed by atoms with van der Waals surface area (Å²) >= 11 is 0. The molecule has 13 heteroatoms. The molecule has 3 heterocycles. The maximum atomic E-state index is 13.5. The minimum absolute atomic E-state index is 0.0627. The van der Waals surface area contributed by atoms with Gasteiger partial charge in [0, 0.05) is 36.9 Å². The van der Waals surface area contributed by atoms with Crippen molar-refractivity contribution in [3.8, 4) is 11.4 Å². The fourth-order valence-electron chi connectivity index (χ4n) is 3.66. The van der Waals surface area contributed by atoms with E-state index >= 15 is 0 Å². The van der Waals surface area contributed by atoms with E-state index in [1.165, 1.54) is 18.2 Å². The van der Waals surface area contributed by atoms with Gasteiger partial charge in [-0.25, -0.2) is 9.67 Å². The first-order valence-electron chi connectivity index (χ1n) is 10.5. The number of nitrogens with two attached hydrogens (primary N) is 1. The molecular formula is C23H18F3N7O3. The average Bonchev–Trinajstić information content (AvgIpc) is 3.58. The SMILES string of the molecule is COCc1nccn1-c1ccc(NC(=O)c2cc(C(F)(F)F)nn2-c2ccc3onc(N)c3c2)cc1. The number of nitrogen functional groups attached to an aromatic ring is 1. The summed E-state index contributed by atoms with van der Waals surface area (Å²) in [5.74, 6) is -0.0390. The molecule has 0 bridgehead atoms. The highest BCUT2D eigenvalue weighted by Crippen LogP contribution is 2.31. The Hall–Kier alpha value is -4.65. The lowest BCUT2D eigenvalue weighted by Crippen LogP contribution is -2.17. The van der Waals surface area contributed by atoms with Crippen molar-refractivity contribution < 1.29 is 27.2 Å². The van der Waals surface area contributed by atoms with Crippen LogP contribution in [0.25, 0.3) is 22.3 Å². The van der Waals surface area contributed by atoms with Crippen LogP contribution in [-0.4, -0.2) is 37.5 Å². The lowest BCUT2D eigenvalue weighted by atomic mass is 10.2.